The monoisotopic (exact) mass is 236 g/mol. The summed E-state index contributed by atoms with van der Waals surface area (Å²) in [6.07, 6.45) is 8.32. The van der Waals surface area contributed by atoms with Crippen molar-refractivity contribution in [3.05, 3.63) is 0 Å². The second kappa shape index (κ2) is 4.31. The molecule has 0 spiro atoms. The van der Waals surface area contributed by atoms with Crippen LogP contribution in [-0.4, -0.2) is 34.8 Å². The lowest BCUT2D eigenvalue weighted by Gasteiger charge is -2.31. The van der Waals surface area contributed by atoms with Gasteiger partial charge in [0.15, 0.2) is 0 Å². The molecular weight excluding hydrogens is 216 g/mol. The van der Waals surface area contributed by atoms with Crippen molar-refractivity contribution in [2.45, 2.75) is 69.5 Å². The number of rotatable bonds is 3. The van der Waals surface area contributed by atoms with Gasteiger partial charge in [0.2, 0.25) is 11.8 Å². The molecule has 0 radical (unpaired) electrons. The first kappa shape index (κ1) is 11.1. The van der Waals surface area contributed by atoms with Gasteiger partial charge in [0.1, 0.15) is 6.04 Å². The molecule has 4 heteroatoms. The summed E-state index contributed by atoms with van der Waals surface area (Å²) in [6, 6.07) is 0.694. The molecule has 94 valence electrons. The number of hydrogen-bond donors (Lipinski definition) is 1. The second-order valence-electron chi connectivity index (χ2n) is 5.57. The quantitative estimate of drug-likeness (QED) is 0.800. The van der Waals surface area contributed by atoms with Gasteiger partial charge in [0.05, 0.1) is 0 Å². The predicted molar refractivity (Wildman–Crippen MR) is 63.3 cm³/mol. The summed E-state index contributed by atoms with van der Waals surface area (Å²) < 4.78 is 0. The molecule has 3 fully saturated rings. The molecule has 0 aromatic heterocycles. The molecule has 1 saturated heterocycles. The Labute approximate surface area is 102 Å². The van der Waals surface area contributed by atoms with Crippen LogP contribution in [0.2, 0.25) is 0 Å². The third-order valence-electron chi connectivity index (χ3n) is 4.21. The van der Waals surface area contributed by atoms with Gasteiger partial charge in [0.25, 0.3) is 0 Å². The van der Waals surface area contributed by atoms with E-state index in [9.17, 15) is 9.59 Å². The van der Waals surface area contributed by atoms with Crippen LogP contribution in [0.3, 0.4) is 0 Å². The number of hydrogen-bond acceptors (Lipinski definition) is 2. The Bertz CT molecular complexity index is 332. The van der Waals surface area contributed by atoms with Gasteiger partial charge in [-0.05, 0) is 32.1 Å². The average molecular weight is 236 g/mol. The first-order chi connectivity index (χ1) is 8.25. The molecule has 0 aromatic carbocycles. The standard InChI is InChI=1S/C13H20N2O2/c16-12-8-7-11(14-12)13(17)15(10-5-6-10)9-3-1-2-4-9/h9-11H,1-8H2,(H,14,16). The van der Waals surface area contributed by atoms with E-state index in [1.165, 1.54) is 12.8 Å². The minimum Gasteiger partial charge on any atom is -0.344 e. The molecule has 1 N–H and O–H groups in total. The van der Waals surface area contributed by atoms with Gasteiger partial charge in [-0.3, -0.25) is 9.59 Å². The van der Waals surface area contributed by atoms with E-state index < -0.39 is 0 Å². The van der Waals surface area contributed by atoms with Crippen molar-refractivity contribution in [3.8, 4) is 0 Å². The van der Waals surface area contributed by atoms with Gasteiger partial charge in [-0.25, -0.2) is 0 Å². The number of amides is 2. The first-order valence-electron chi connectivity index (χ1n) is 6.87. The molecule has 1 heterocycles. The van der Waals surface area contributed by atoms with E-state index in [0.717, 1.165) is 25.7 Å². The van der Waals surface area contributed by atoms with Crippen molar-refractivity contribution in [3.63, 3.8) is 0 Å². The third-order valence-corrected chi connectivity index (χ3v) is 4.21. The summed E-state index contributed by atoms with van der Waals surface area (Å²) in [4.78, 5) is 25.8. The van der Waals surface area contributed by atoms with Crippen molar-refractivity contribution < 1.29 is 9.59 Å². The normalized spacial score (nSPS) is 29.4. The van der Waals surface area contributed by atoms with Crippen LogP contribution >= 0.6 is 0 Å². The molecule has 1 unspecified atom stereocenters. The van der Waals surface area contributed by atoms with E-state index in [1.54, 1.807) is 0 Å². The van der Waals surface area contributed by atoms with Crippen molar-refractivity contribution in [2.24, 2.45) is 0 Å². The Balaban J connectivity index is 1.69. The second-order valence-corrected chi connectivity index (χ2v) is 5.57. The fraction of sp³-hybridized carbons (Fsp3) is 0.846. The topological polar surface area (TPSA) is 49.4 Å². The van der Waals surface area contributed by atoms with Crippen LogP contribution in [-0.2, 0) is 9.59 Å². The van der Waals surface area contributed by atoms with Crippen LogP contribution in [0, 0.1) is 0 Å². The van der Waals surface area contributed by atoms with Crippen molar-refractivity contribution >= 4 is 11.8 Å². The molecular formula is C13H20N2O2. The van der Waals surface area contributed by atoms with Crippen molar-refractivity contribution in [1.82, 2.24) is 10.2 Å². The Morgan fingerprint density at radius 1 is 1.06 bits per heavy atom. The van der Waals surface area contributed by atoms with Crippen LogP contribution in [0.4, 0.5) is 0 Å². The molecule has 0 aromatic rings. The number of nitrogens with one attached hydrogen (secondary N) is 1. The zero-order valence-electron chi connectivity index (χ0n) is 10.2. The van der Waals surface area contributed by atoms with E-state index in [1.807, 2.05) is 0 Å². The van der Waals surface area contributed by atoms with Crippen LogP contribution < -0.4 is 5.32 Å². The van der Waals surface area contributed by atoms with Crippen molar-refractivity contribution in [1.29, 1.82) is 0 Å². The Hall–Kier alpha value is -1.06. The molecule has 2 saturated carbocycles. The van der Waals surface area contributed by atoms with Crippen LogP contribution in [0.25, 0.3) is 0 Å². The molecule has 1 atom stereocenters. The maximum atomic E-state index is 12.5. The summed E-state index contributed by atoms with van der Waals surface area (Å²) in [6.45, 7) is 0. The molecule has 17 heavy (non-hydrogen) atoms. The Morgan fingerprint density at radius 3 is 2.24 bits per heavy atom. The highest BCUT2D eigenvalue weighted by Gasteiger charge is 2.42. The zero-order valence-corrected chi connectivity index (χ0v) is 10.2. The van der Waals surface area contributed by atoms with E-state index >= 15 is 0 Å². The Kier molecular flexibility index (Phi) is 2.81. The van der Waals surface area contributed by atoms with Gasteiger partial charge in [-0.2, -0.15) is 0 Å². The smallest absolute Gasteiger partial charge is 0.245 e. The lowest BCUT2D eigenvalue weighted by atomic mass is 10.1. The van der Waals surface area contributed by atoms with Gasteiger partial charge < -0.3 is 10.2 Å². The first-order valence-corrected chi connectivity index (χ1v) is 6.87. The predicted octanol–water partition coefficient (Wildman–Crippen LogP) is 1.20. The van der Waals surface area contributed by atoms with Gasteiger partial charge in [0, 0.05) is 18.5 Å². The molecule has 3 rings (SSSR count). The molecule has 0 bridgehead atoms. The van der Waals surface area contributed by atoms with E-state index in [0.29, 0.717) is 24.9 Å². The summed E-state index contributed by atoms with van der Waals surface area (Å²) in [5, 5.41) is 2.81. The largest absolute Gasteiger partial charge is 0.344 e. The maximum Gasteiger partial charge on any atom is 0.245 e. The highest BCUT2D eigenvalue weighted by Crippen LogP contribution is 2.35. The molecule has 3 aliphatic rings. The molecule has 2 amide bonds. The average Bonchev–Trinajstić information content (AvgIpc) is 2.82. The van der Waals surface area contributed by atoms with Crippen LogP contribution in [0.1, 0.15) is 51.4 Å². The minimum atomic E-state index is -0.233. The summed E-state index contributed by atoms with van der Waals surface area (Å²) in [5.41, 5.74) is 0. The number of nitrogens with zero attached hydrogens (tertiary/aromatic N) is 1. The van der Waals surface area contributed by atoms with Gasteiger partial charge in [-0.15, -0.1) is 0 Å². The summed E-state index contributed by atoms with van der Waals surface area (Å²) in [7, 11) is 0. The van der Waals surface area contributed by atoms with E-state index in [-0.39, 0.29) is 17.9 Å². The van der Waals surface area contributed by atoms with Gasteiger partial charge >= 0.3 is 0 Å². The van der Waals surface area contributed by atoms with Crippen LogP contribution in [0.5, 0.6) is 0 Å². The van der Waals surface area contributed by atoms with E-state index in [4.69, 9.17) is 0 Å². The number of carbonyl (C=O) groups is 2. The molecule has 1 aliphatic heterocycles. The third kappa shape index (κ3) is 2.17. The summed E-state index contributed by atoms with van der Waals surface area (Å²) >= 11 is 0. The SMILES string of the molecule is O=C1CCC(C(=O)N(C2CCCC2)C2CC2)N1. The lowest BCUT2D eigenvalue weighted by molar-refractivity contribution is -0.137. The molecule has 4 nitrogen and oxygen atoms in total. The zero-order chi connectivity index (χ0) is 11.8. The van der Waals surface area contributed by atoms with Gasteiger partial charge in [-0.1, -0.05) is 12.8 Å². The maximum absolute atomic E-state index is 12.5. The minimum absolute atomic E-state index is 0.0329. The van der Waals surface area contributed by atoms with Crippen LogP contribution in [0.15, 0.2) is 0 Å². The Morgan fingerprint density at radius 2 is 1.71 bits per heavy atom. The van der Waals surface area contributed by atoms with E-state index in [2.05, 4.69) is 10.2 Å². The highest BCUT2D eigenvalue weighted by atomic mass is 16.2. The van der Waals surface area contributed by atoms with Crippen molar-refractivity contribution in [2.75, 3.05) is 0 Å². The number of carbonyl (C=O) groups excluding carboxylic acids is 2. The lowest BCUT2D eigenvalue weighted by Crippen LogP contribution is -2.49. The molecule has 2 aliphatic carbocycles. The highest BCUT2D eigenvalue weighted by molar-refractivity contribution is 5.91. The summed E-state index contributed by atoms with van der Waals surface area (Å²) in [5.74, 6) is 0.218. The fourth-order valence-electron chi connectivity index (χ4n) is 3.17. The fourth-order valence-corrected chi connectivity index (χ4v) is 3.17.